The van der Waals surface area contributed by atoms with Crippen LogP contribution in [0.4, 0.5) is 8.78 Å². The van der Waals surface area contributed by atoms with Crippen LogP contribution in [0.25, 0.3) is 5.69 Å². The fourth-order valence-corrected chi connectivity index (χ4v) is 4.32. The zero-order valence-corrected chi connectivity index (χ0v) is 17.9. The number of carbonyl (C=O) groups is 1. The fourth-order valence-electron chi connectivity index (χ4n) is 3.53. The van der Waals surface area contributed by atoms with E-state index >= 15 is 0 Å². The van der Waals surface area contributed by atoms with Gasteiger partial charge in [-0.05, 0) is 40.4 Å². The number of piperazine rings is 1. The monoisotopic (exact) mass is 444 g/mol. The van der Waals surface area contributed by atoms with Crippen LogP contribution in [0, 0.1) is 11.6 Å². The SMILES string of the molecule is CCSc1ccccc1C(=O)N1CCN(Cc2nnnn2-c2ccc(F)c(F)c2)CC1. The Balaban J connectivity index is 1.40. The zero-order valence-electron chi connectivity index (χ0n) is 17.0. The number of tetrazole rings is 1. The molecule has 1 aliphatic rings. The number of aromatic nitrogens is 4. The molecule has 3 aromatic rings. The van der Waals surface area contributed by atoms with E-state index in [1.54, 1.807) is 11.8 Å². The van der Waals surface area contributed by atoms with Crippen LogP contribution in [0.5, 0.6) is 0 Å². The van der Waals surface area contributed by atoms with Crippen molar-refractivity contribution >= 4 is 17.7 Å². The van der Waals surface area contributed by atoms with Gasteiger partial charge in [-0.3, -0.25) is 9.69 Å². The van der Waals surface area contributed by atoms with Gasteiger partial charge in [0.1, 0.15) is 0 Å². The first-order chi connectivity index (χ1) is 15.1. The van der Waals surface area contributed by atoms with Crippen molar-refractivity contribution in [2.75, 3.05) is 31.9 Å². The minimum absolute atomic E-state index is 0.0443. The molecule has 2 heterocycles. The maximum absolute atomic E-state index is 13.6. The summed E-state index contributed by atoms with van der Waals surface area (Å²) in [6.07, 6.45) is 0. The van der Waals surface area contributed by atoms with Gasteiger partial charge in [0, 0.05) is 37.1 Å². The van der Waals surface area contributed by atoms with Crippen LogP contribution < -0.4 is 0 Å². The van der Waals surface area contributed by atoms with Crippen LogP contribution in [0.1, 0.15) is 23.1 Å². The van der Waals surface area contributed by atoms with Crippen molar-refractivity contribution in [1.29, 1.82) is 0 Å². The van der Waals surface area contributed by atoms with E-state index in [0.29, 0.717) is 44.2 Å². The first-order valence-corrected chi connectivity index (χ1v) is 11.0. The number of thioether (sulfide) groups is 1. The highest BCUT2D eigenvalue weighted by atomic mass is 32.2. The summed E-state index contributed by atoms with van der Waals surface area (Å²) in [7, 11) is 0. The fraction of sp³-hybridized carbons (Fsp3) is 0.333. The van der Waals surface area contributed by atoms with Crippen LogP contribution in [-0.2, 0) is 6.54 Å². The van der Waals surface area contributed by atoms with Crippen molar-refractivity contribution in [3.63, 3.8) is 0 Å². The van der Waals surface area contributed by atoms with E-state index in [0.717, 1.165) is 28.3 Å². The Labute approximate surface area is 183 Å². The van der Waals surface area contributed by atoms with Crippen molar-refractivity contribution in [3.8, 4) is 5.69 Å². The zero-order chi connectivity index (χ0) is 21.8. The third-order valence-electron chi connectivity index (χ3n) is 5.12. The Morgan fingerprint density at radius 3 is 2.58 bits per heavy atom. The van der Waals surface area contributed by atoms with Gasteiger partial charge in [-0.15, -0.1) is 16.9 Å². The van der Waals surface area contributed by atoms with Crippen molar-refractivity contribution in [2.45, 2.75) is 18.4 Å². The number of hydrogen-bond acceptors (Lipinski definition) is 6. The summed E-state index contributed by atoms with van der Waals surface area (Å²) in [6.45, 7) is 5.03. The molecule has 7 nitrogen and oxygen atoms in total. The molecule has 0 atom stereocenters. The summed E-state index contributed by atoms with van der Waals surface area (Å²) in [4.78, 5) is 18.0. The Morgan fingerprint density at radius 1 is 1.06 bits per heavy atom. The molecule has 0 N–H and O–H groups in total. The van der Waals surface area contributed by atoms with E-state index in [-0.39, 0.29) is 5.91 Å². The smallest absolute Gasteiger partial charge is 0.255 e. The third-order valence-corrected chi connectivity index (χ3v) is 6.08. The predicted molar refractivity (Wildman–Crippen MR) is 113 cm³/mol. The molecule has 1 fully saturated rings. The molecule has 1 saturated heterocycles. The Morgan fingerprint density at radius 2 is 1.84 bits per heavy atom. The summed E-state index contributed by atoms with van der Waals surface area (Å²) in [5, 5.41) is 11.6. The highest BCUT2D eigenvalue weighted by Crippen LogP contribution is 2.24. The lowest BCUT2D eigenvalue weighted by molar-refractivity contribution is 0.0621. The van der Waals surface area contributed by atoms with E-state index in [9.17, 15) is 13.6 Å². The van der Waals surface area contributed by atoms with Gasteiger partial charge >= 0.3 is 0 Å². The van der Waals surface area contributed by atoms with E-state index in [2.05, 4.69) is 27.3 Å². The highest BCUT2D eigenvalue weighted by Gasteiger charge is 2.25. The van der Waals surface area contributed by atoms with E-state index in [1.165, 1.54) is 10.7 Å². The minimum Gasteiger partial charge on any atom is -0.336 e. The average molecular weight is 445 g/mol. The van der Waals surface area contributed by atoms with Gasteiger partial charge < -0.3 is 4.90 Å². The molecule has 31 heavy (non-hydrogen) atoms. The number of hydrogen-bond donors (Lipinski definition) is 0. The molecule has 0 aliphatic carbocycles. The van der Waals surface area contributed by atoms with Gasteiger partial charge in [0.2, 0.25) is 0 Å². The number of nitrogens with zero attached hydrogens (tertiary/aromatic N) is 6. The van der Waals surface area contributed by atoms with Crippen molar-refractivity contribution in [2.24, 2.45) is 0 Å². The second-order valence-corrected chi connectivity index (χ2v) is 8.41. The lowest BCUT2D eigenvalue weighted by Crippen LogP contribution is -2.48. The Bertz CT molecular complexity index is 1070. The van der Waals surface area contributed by atoms with Gasteiger partial charge in [0.05, 0.1) is 17.8 Å². The molecule has 4 rings (SSSR count). The molecule has 0 bridgehead atoms. The van der Waals surface area contributed by atoms with Crippen LogP contribution in [0.3, 0.4) is 0 Å². The second kappa shape index (κ2) is 9.52. The molecule has 0 saturated carbocycles. The number of benzene rings is 2. The second-order valence-electron chi connectivity index (χ2n) is 7.10. The number of halogens is 2. The lowest BCUT2D eigenvalue weighted by atomic mass is 10.2. The molecular weight excluding hydrogens is 422 g/mol. The van der Waals surface area contributed by atoms with Crippen LogP contribution in [0.15, 0.2) is 47.4 Å². The van der Waals surface area contributed by atoms with Gasteiger partial charge in [0.25, 0.3) is 5.91 Å². The van der Waals surface area contributed by atoms with Gasteiger partial charge in [0.15, 0.2) is 17.5 Å². The van der Waals surface area contributed by atoms with Crippen LogP contribution in [0.2, 0.25) is 0 Å². The topological polar surface area (TPSA) is 67.2 Å². The van der Waals surface area contributed by atoms with Crippen LogP contribution in [-0.4, -0.2) is 67.8 Å². The highest BCUT2D eigenvalue weighted by molar-refractivity contribution is 7.99. The summed E-state index contributed by atoms with van der Waals surface area (Å²) in [6, 6.07) is 11.2. The lowest BCUT2D eigenvalue weighted by Gasteiger charge is -2.34. The maximum Gasteiger partial charge on any atom is 0.255 e. The maximum atomic E-state index is 13.6. The van der Waals surface area contributed by atoms with E-state index in [4.69, 9.17) is 0 Å². The molecule has 1 amide bonds. The summed E-state index contributed by atoms with van der Waals surface area (Å²) in [5.41, 5.74) is 1.10. The van der Waals surface area contributed by atoms with E-state index < -0.39 is 11.6 Å². The minimum atomic E-state index is -0.951. The number of carbonyl (C=O) groups excluding carboxylic acids is 1. The quantitative estimate of drug-likeness (QED) is 0.545. The number of amides is 1. The summed E-state index contributed by atoms with van der Waals surface area (Å²) >= 11 is 1.67. The molecular formula is C21H22F2N6OS. The first kappa shape index (κ1) is 21.4. The molecule has 1 aliphatic heterocycles. The predicted octanol–water partition coefficient (Wildman–Crippen LogP) is 3.01. The first-order valence-electron chi connectivity index (χ1n) is 10.0. The third kappa shape index (κ3) is 4.75. The molecule has 162 valence electrons. The van der Waals surface area contributed by atoms with Crippen molar-refractivity contribution in [1.82, 2.24) is 30.0 Å². The molecule has 0 spiro atoms. The molecule has 0 unspecified atom stereocenters. The standard InChI is InChI=1S/C21H22F2N6OS/c1-2-31-19-6-4-3-5-16(19)21(30)28-11-9-27(10-12-28)14-20-24-25-26-29(20)15-7-8-17(22)18(23)13-15/h3-8,13H,2,9-12,14H2,1H3. The number of rotatable bonds is 6. The van der Waals surface area contributed by atoms with Gasteiger partial charge in [-0.25, -0.2) is 8.78 Å². The largest absolute Gasteiger partial charge is 0.336 e. The molecule has 0 radical (unpaired) electrons. The van der Waals surface area contributed by atoms with Gasteiger partial charge in [-0.1, -0.05) is 19.1 Å². The molecule has 1 aromatic heterocycles. The van der Waals surface area contributed by atoms with Crippen molar-refractivity contribution < 1.29 is 13.6 Å². The Hall–Kier alpha value is -2.85. The molecule has 10 heteroatoms. The molecule has 2 aromatic carbocycles. The normalized spacial score (nSPS) is 14.7. The van der Waals surface area contributed by atoms with E-state index in [1.807, 2.05) is 29.2 Å². The Kier molecular flexibility index (Phi) is 6.57. The summed E-state index contributed by atoms with van der Waals surface area (Å²) in [5.74, 6) is -0.394. The van der Waals surface area contributed by atoms with Crippen LogP contribution >= 0.6 is 11.8 Å². The summed E-state index contributed by atoms with van der Waals surface area (Å²) < 4.78 is 28.2. The van der Waals surface area contributed by atoms with Gasteiger partial charge in [-0.2, -0.15) is 4.68 Å². The van der Waals surface area contributed by atoms with Crippen molar-refractivity contribution in [3.05, 3.63) is 65.5 Å². The average Bonchev–Trinajstić information content (AvgIpc) is 3.24.